The molecular weight excluding hydrogens is 423 g/mol. The van der Waals surface area contributed by atoms with E-state index in [2.05, 4.69) is 0 Å². The number of carboxylic acid groups (broad SMARTS) is 1. The van der Waals surface area contributed by atoms with Gasteiger partial charge in [-0.1, -0.05) is 31.0 Å². The number of likely N-dealkylation sites (tertiary alicyclic amines) is 1. The zero-order valence-corrected chi connectivity index (χ0v) is 18.5. The third-order valence-corrected chi connectivity index (χ3v) is 7.50. The number of aliphatic carboxylic acids is 1. The van der Waals surface area contributed by atoms with Crippen LogP contribution in [0.1, 0.15) is 48.9 Å². The highest BCUT2D eigenvalue weighted by molar-refractivity contribution is 7.59. The maximum atomic E-state index is 13.4. The first kappa shape index (κ1) is 25.0. The smallest absolute Gasteiger partial charge is 0.340 e. The van der Waals surface area contributed by atoms with Crippen molar-refractivity contribution in [3.05, 3.63) is 35.9 Å². The van der Waals surface area contributed by atoms with Gasteiger partial charge in [-0.15, -0.1) is 0 Å². The first-order valence-corrected chi connectivity index (χ1v) is 12.5. The van der Waals surface area contributed by atoms with Crippen LogP contribution in [0.4, 0.5) is 0 Å². The lowest BCUT2D eigenvalue weighted by molar-refractivity contribution is -0.147. The van der Waals surface area contributed by atoms with Gasteiger partial charge in [0, 0.05) is 12.7 Å². The van der Waals surface area contributed by atoms with Crippen LogP contribution in [-0.2, 0) is 23.4 Å². The van der Waals surface area contributed by atoms with Gasteiger partial charge >= 0.3 is 11.9 Å². The summed E-state index contributed by atoms with van der Waals surface area (Å²) in [7, 11) is -3.47. The number of hydrogen-bond donors (Lipinski definition) is 2. The lowest BCUT2D eigenvalue weighted by Crippen LogP contribution is -2.42. The number of ether oxygens (including phenoxy) is 1. The molecule has 3 N–H and O–H groups in total. The molecule has 1 unspecified atom stereocenters. The van der Waals surface area contributed by atoms with Crippen molar-refractivity contribution in [1.29, 1.82) is 0 Å². The van der Waals surface area contributed by atoms with Gasteiger partial charge in [0.25, 0.3) is 0 Å². The molecule has 1 aromatic carbocycles. The van der Waals surface area contributed by atoms with Crippen molar-refractivity contribution in [3.8, 4) is 0 Å². The van der Waals surface area contributed by atoms with Gasteiger partial charge in [0.2, 0.25) is 13.3 Å². The van der Waals surface area contributed by atoms with Crippen LogP contribution in [0.15, 0.2) is 30.3 Å². The largest absolute Gasteiger partial charge is 0.480 e. The predicted octanol–water partition coefficient (Wildman–Crippen LogP) is 2.69. The Morgan fingerprint density at radius 1 is 1.13 bits per heavy atom. The monoisotopic (exact) mass is 454 g/mol. The van der Waals surface area contributed by atoms with Gasteiger partial charge in [-0.05, 0) is 44.4 Å². The highest BCUT2D eigenvalue weighted by Gasteiger charge is 2.37. The summed E-state index contributed by atoms with van der Waals surface area (Å²) in [6.45, 7) is 0.354. The molecule has 2 atom stereocenters. The molecule has 0 aliphatic carbocycles. The number of carbonyl (C=O) groups excluding carboxylic acids is 2. The number of amides is 1. The number of carbonyl (C=O) groups is 3. The highest BCUT2D eigenvalue weighted by atomic mass is 31.2. The van der Waals surface area contributed by atoms with Crippen molar-refractivity contribution in [2.24, 2.45) is 5.73 Å². The van der Waals surface area contributed by atoms with E-state index in [0.29, 0.717) is 37.9 Å². The molecule has 9 nitrogen and oxygen atoms in total. The van der Waals surface area contributed by atoms with Crippen molar-refractivity contribution in [1.82, 2.24) is 4.90 Å². The Balaban J connectivity index is 1.96. The third kappa shape index (κ3) is 8.09. The Kier molecular flexibility index (Phi) is 10.2. The van der Waals surface area contributed by atoms with Gasteiger partial charge in [-0.2, -0.15) is 0 Å². The molecule has 2 rings (SSSR count). The maximum Gasteiger partial charge on any atom is 0.340 e. The number of hydrogen-bond acceptors (Lipinski definition) is 7. The highest BCUT2D eigenvalue weighted by Crippen LogP contribution is 2.48. The number of nitrogens with zero attached hydrogens (tertiary/aromatic N) is 1. The van der Waals surface area contributed by atoms with Gasteiger partial charge in [-0.25, -0.2) is 9.59 Å². The van der Waals surface area contributed by atoms with E-state index in [-0.39, 0.29) is 6.16 Å². The topological polar surface area (TPSA) is 136 Å². The van der Waals surface area contributed by atoms with E-state index < -0.39 is 44.2 Å². The summed E-state index contributed by atoms with van der Waals surface area (Å²) in [5.41, 5.74) is 5.82. The van der Waals surface area contributed by atoms with Crippen molar-refractivity contribution in [3.63, 3.8) is 0 Å². The minimum Gasteiger partial charge on any atom is -0.480 e. The van der Waals surface area contributed by atoms with Crippen LogP contribution in [0.25, 0.3) is 0 Å². The van der Waals surface area contributed by atoms with E-state index in [1.165, 1.54) is 4.90 Å². The molecule has 1 saturated heterocycles. The number of unbranched alkanes of at least 4 members (excludes halogenated alkanes) is 3. The zero-order valence-electron chi connectivity index (χ0n) is 17.6. The number of rotatable bonds is 13. The van der Waals surface area contributed by atoms with Gasteiger partial charge in [0.05, 0.1) is 5.56 Å². The molecule has 1 aromatic rings. The molecule has 31 heavy (non-hydrogen) atoms. The van der Waals surface area contributed by atoms with Gasteiger partial charge in [0.1, 0.15) is 12.2 Å². The Morgan fingerprint density at radius 3 is 2.52 bits per heavy atom. The van der Waals surface area contributed by atoms with E-state index in [1.807, 2.05) is 0 Å². The fourth-order valence-corrected chi connectivity index (χ4v) is 5.41. The van der Waals surface area contributed by atoms with E-state index in [1.54, 1.807) is 30.3 Å². The van der Waals surface area contributed by atoms with Crippen LogP contribution in [0.2, 0.25) is 0 Å². The molecule has 0 radical (unpaired) electrons. The molecule has 0 saturated carbocycles. The molecule has 172 valence electrons. The number of benzene rings is 1. The Hall–Kier alpha value is -2.22. The van der Waals surface area contributed by atoms with Gasteiger partial charge in [0.15, 0.2) is 6.79 Å². The lowest BCUT2D eigenvalue weighted by atomic mass is 10.2. The Labute approximate surface area is 182 Å². The molecule has 1 amide bonds. The average Bonchev–Trinajstić information content (AvgIpc) is 3.25. The summed E-state index contributed by atoms with van der Waals surface area (Å²) in [5.74, 6) is -2.20. The standard InChI is InChI=1S/C21H31N2O7P/c22-12-6-1-2-7-14-31(28,15-19(24)23-13-8-11-18(23)20(25)26)30-16-29-21(27)17-9-4-3-5-10-17/h3-5,9-10,18H,1-2,6-8,11-16,22H2,(H,25,26)/t18-,31?/m0/s1. The molecule has 10 heteroatoms. The second-order valence-corrected chi connectivity index (χ2v) is 10.2. The van der Waals surface area contributed by atoms with Crippen LogP contribution in [0.3, 0.4) is 0 Å². The third-order valence-electron chi connectivity index (χ3n) is 5.17. The first-order chi connectivity index (χ1) is 14.9. The van der Waals surface area contributed by atoms with Crippen LogP contribution in [-0.4, -0.2) is 66.1 Å². The quantitative estimate of drug-likeness (QED) is 0.201. The number of nitrogens with two attached hydrogens (primary N) is 1. The number of esters is 1. The van der Waals surface area contributed by atoms with E-state index in [0.717, 1.165) is 19.3 Å². The van der Waals surface area contributed by atoms with Crippen molar-refractivity contribution >= 4 is 25.2 Å². The van der Waals surface area contributed by atoms with Crippen molar-refractivity contribution < 1.29 is 33.3 Å². The Bertz CT molecular complexity index is 787. The van der Waals surface area contributed by atoms with Gasteiger partial charge in [-0.3, -0.25) is 13.9 Å². The number of carboxylic acids is 1. The average molecular weight is 454 g/mol. The molecule has 1 aliphatic rings. The summed E-state index contributed by atoms with van der Waals surface area (Å²) in [6.07, 6.45) is 3.78. The van der Waals surface area contributed by atoms with Crippen LogP contribution in [0, 0.1) is 0 Å². The molecule has 0 bridgehead atoms. The second kappa shape index (κ2) is 12.6. The van der Waals surface area contributed by atoms with Crippen LogP contribution < -0.4 is 5.73 Å². The Morgan fingerprint density at radius 2 is 1.84 bits per heavy atom. The fraction of sp³-hybridized carbons (Fsp3) is 0.571. The van der Waals surface area contributed by atoms with Crippen molar-refractivity contribution in [2.45, 2.75) is 44.6 Å². The molecule has 1 fully saturated rings. The molecule has 0 spiro atoms. The SMILES string of the molecule is NCCCCCCP(=O)(CC(=O)N1CCC[C@H]1C(=O)O)OCOC(=O)c1ccccc1. The summed E-state index contributed by atoms with van der Waals surface area (Å²) in [5, 5.41) is 9.30. The fourth-order valence-electron chi connectivity index (χ4n) is 3.49. The zero-order chi connectivity index (χ0) is 22.7. The molecular formula is C21H31N2O7P. The first-order valence-electron chi connectivity index (χ1n) is 10.5. The minimum atomic E-state index is -3.47. The van der Waals surface area contributed by atoms with E-state index in [4.69, 9.17) is 15.0 Å². The van der Waals surface area contributed by atoms with Crippen LogP contribution in [0.5, 0.6) is 0 Å². The summed E-state index contributed by atoms with van der Waals surface area (Å²) in [4.78, 5) is 37.4. The molecule has 1 aliphatic heterocycles. The van der Waals surface area contributed by atoms with Crippen LogP contribution >= 0.6 is 7.37 Å². The summed E-state index contributed by atoms with van der Waals surface area (Å²) >= 11 is 0. The normalized spacial score (nSPS) is 17.8. The van der Waals surface area contributed by atoms with E-state index in [9.17, 15) is 24.1 Å². The molecule has 1 heterocycles. The summed E-state index contributed by atoms with van der Waals surface area (Å²) < 4.78 is 23.9. The molecule has 0 aromatic heterocycles. The summed E-state index contributed by atoms with van der Waals surface area (Å²) in [6, 6.07) is 7.42. The second-order valence-electron chi connectivity index (χ2n) is 7.53. The van der Waals surface area contributed by atoms with Gasteiger partial charge < -0.3 is 20.5 Å². The predicted molar refractivity (Wildman–Crippen MR) is 115 cm³/mol. The maximum absolute atomic E-state index is 13.4. The van der Waals surface area contributed by atoms with Crippen molar-refractivity contribution in [2.75, 3.05) is 32.2 Å². The lowest BCUT2D eigenvalue weighted by Gasteiger charge is -2.24. The minimum absolute atomic E-state index is 0.151. The van der Waals surface area contributed by atoms with E-state index >= 15 is 0 Å².